The molecule has 1 aliphatic rings. The summed E-state index contributed by atoms with van der Waals surface area (Å²) in [7, 11) is 0. The predicted octanol–water partition coefficient (Wildman–Crippen LogP) is 1.82. The fraction of sp³-hybridized carbons (Fsp3) is 0.909. The van der Waals surface area contributed by atoms with Gasteiger partial charge in [0.15, 0.2) is 5.11 Å². The van der Waals surface area contributed by atoms with E-state index in [4.69, 9.17) is 17.0 Å². The van der Waals surface area contributed by atoms with Gasteiger partial charge < -0.3 is 15.4 Å². The Labute approximate surface area is 98.0 Å². The Morgan fingerprint density at radius 1 is 1.40 bits per heavy atom. The van der Waals surface area contributed by atoms with Gasteiger partial charge in [-0.15, -0.1) is 0 Å². The topological polar surface area (TPSA) is 33.3 Å². The minimum absolute atomic E-state index is 0.295. The maximum Gasteiger partial charge on any atom is 0.166 e. The first-order valence-corrected chi connectivity index (χ1v) is 6.25. The van der Waals surface area contributed by atoms with Crippen LogP contribution in [-0.2, 0) is 4.74 Å². The summed E-state index contributed by atoms with van der Waals surface area (Å²) in [6, 6.07) is 0.594. The zero-order valence-corrected chi connectivity index (χ0v) is 10.5. The first-order chi connectivity index (χ1) is 7.18. The second-order valence-corrected chi connectivity index (χ2v) is 4.71. The number of hydrogen-bond donors (Lipinski definition) is 2. The van der Waals surface area contributed by atoms with Crippen molar-refractivity contribution in [2.75, 3.05) is 13.2 Å². The Bertz CT molecular complexity index is 191. The van der Waals surface area contributed by atoms with Crippen LogP contribution < -0.4 is 10.6 Å². The summed E-state index contributed by atoms with van der Waals surface area (Å²) in [5.41, 5.74) is 0. The van der Waals surface area contributed by atoms with Gasteiger partial charge in [0.1, 0.15) is 0 Å². The third-order valence-corrected chi connectivity index (χ3v) is 2.79. The van der Waals surface area contributed by atoms with Crippen molar-refractivity contribution in [3.05, 3.63) is 0 Å². The van der Waals surface area contributed by atoms with Crippen molar-refractivity contribution < 1.29 is 4.74 Å². The molecule has 0 radical (unpaired) electrons. The van der Waals surface area contributed by atoms with Crippen LogP contribution >= 0.6 is 12.2 Å². The molecule has 1 aliphatic carbocycles. The van der Waals surface area contributed by atoms with E-state index in [1.807, 2.05) is 13.8 Å². The van der Waals surface area contributed by atoms with Crippen molar-refractivity contribution in [1.82, 2.24) is 10.6 Å². The van der Waals surface area contributed by atoms with E-state index in [0.717, 1.165) is 11.7 Å². The number of nitrogens with one attached hydrogen (secondary N) is 2. The minimum Gasteiger partial charge on any atom is -0.377 e. The summed E-state index contributed by atoms with van der Waals surface area (Å²) in [5, 5.41) is 7.26. The summed E-state index contributed by atoms with van der Waals surface area (Å²) in [6.45, 7) is 5.57. The Kier molecular flexibility index (Phi) is 5.95. The lowest BCUT2D eigenvalue weighted by Gasteiger charge is -2.16. The summed E-state index contributed by atoms with van der Waals surface area (Å²) >= 11 is 5.19. The van der Waals surface area contributed by atoms with Gasteiger partial charge in [-0.25, -0.2) is 0 Å². The van der Waals surface area contributed by atoms with Crippen LogP contribution in [0.2, 0.25) is 0 Å². The van der Waals surface area contributed by atoms with Gasteiger partial charge in [0.2, 0.25) is 0 Å². The van der Waals surface area contributed by atoms with E-state index < -0.39 is 0 Å². The van der Waals surface area contributed by atoms with Crippen LogP contribution in [0.5, 0.6) is 0 Å². The van der Waals surface area contributed by atoms with E-state index in [1.54, 1.807) is 0 Å². The quantitative estimate of drug-likeness (QED) is 0.557. The van der Waals surface area contributed by atoms with Crippen LogP contribution in [0.15, 0.2) is 0 Å². The first kappa shape index (κ1) is 12.7. The third-order valence-electron chi connectivity index (χ3n) is 2.53. The molecule has 4 heteroatoms. The van der Waals surface area contributed by atoms with Gasteiger partial charge in [-0.2, -0.15) is 0 Å². The van der Waals surface area contributed by atoms with Crippen LogP contribution in [0.3, 0.4) is 0 Å². The second kappa shape index (κ2) is 7.01. The highest BCUT2D eigenvalue weighted by Gasteiger charge is 2.14. The van der Waals surface area contributed by atoms with E-state index >= 15 is 0 Å². The van der Waals surface area contributed by atoms with E-state index in [1.165, 1.54) is 25.7 Å². The molecule has 0 aromatic carbocycles. The minimum atomic E-state index is 0.295. The fourth-order valence-corrected chi connectivity index (χ4v) is 2.03. The molecule has 1 saturated carbocycles. The van der Waals surface area contributed by atoms with Crippen molar-refractivity contribution >= 4 is 17.3 Å². The molecule has 88 valence electrons. The Balaban J connectivity index is 1.98. The lowest BCUT2D eigenvalue weighted by Crippen LogP contribution is -2.41. The van der Waals surface area contributed by atoms with Gasteiger partial charge in [0, 0.05) is 12.6 Å². The van der Waals surface area contributed by atoms with Crippen molar-refractivity contribution in [1.29, 1.82) is 0 Å². The molecule has 0 aromatic rings. The van der Waals surface area contributed by atoms with Gasteiger partial charge in [-0.3, -0.25) is 0 Å². The molecule has 0 aromatic heterocycles. The third kappa shape index (κ3) is 5.95. The SMILES string of the molecule is CC(C)OCCNC(=S)NC1CCCC1. The Morgan fingerprint density at radius 2 is 2.07 bits per heavy atom. The average molecular weight is 230 g/mol. The summed E-state index contributed by atoms with van der Waals surface area (Å²) in [5.74, 6) is 0. The first-order valence-electron chi connectivity index (χ1n) is 5.84. The van der Waals surface area contributed by atoms with Gasteiger partial charge in [-0.1, -0.05) is 12.8 Å². The Hall–Kier alpha value is -0.350. The molecule has 0 atom stereocenters. The highest BCUT2D eigenvalue weighted by Crippen LogP contribution is 2.17. The highest BCUT2D eigenvalue weighted by molar-refractivity contribution is 7.80. The van der Waals surface area contributed by atoms with Gasteiger partial charge in [-0.05, 0) is 38.9 Å². The Morgan fingerprint density at radius 3 is 2.67 bits per heavy atom. The van der Waals surface area contributed by atoms with Crippen molar-refractivity contribution in [2.24, 2.45) is 0 Å². The van der Waals surface area contributed by atoms with Crippen molar-refractivity contribution in [2.45, 2.75) is 51.7 Å². The molecule has 0 saturated heterocycles. The number of thiocarbonyl (C=S) groups is 1. The van der Waals surface area contributed by atoms with Crippen molar-refractivity contribution in [3.63, 3.8) is 0 Å². The zero-order valence-electron chi connectivity index (χ0n) is 9.71. The normalized spacial score (nSPS) is 17.0. The monoisotopic (exact) mass is 230 g/mol. The van der Waals surface area contributed by atoms with Gasteiger partial charge in [0.25, 0.3) is 0 Å². The van der Waals surface area contributed by atoms with E-state index in [-0.39, 0.29) is 0 Å². The molecule has 15 heavy (non-hydrogen) atoms. The summed E-state index contributed by atoms with van der Waals surface area (Å²) < 4.78 is 5.41. The molecule has 2 N–H and O–H groups in total. The van der Waals surface area contributed by atoms with Crippen LogP contribution in [0, 0.1) is 0 Å². The number of rotatable bonds is 5. The summed E-state index contributed by atoms with van der Waals surface area (Å²) in [4.78, 5) is 0. The largest absolute Gasteiger partial charge is 0.377 e. The standard InChI is InChI=1S/C11H22N2OS/c1-9(2)14-8-7-12-11(15)13-10-5-3-4-6-10/h9-10H,3-8H2,1-2H3,(H2,12,13,15). The molecule has 0 unspecified atom stereocenters. The molecule has 1 rings (SSSR count). The molecule has 0 spiro atoms. The molecule has 1 fully saturated rings. The van der Waals surface area contributed by atoms with E-state index in [2.05, 4.69) is 10.6 Å². The van der Waals surface area contributed by atoms with Crippen LogP contribution in [0.25, 0.3) is 0 Å². The lowest BCUT2D eigenvalue weighted by molar-refractivity contribution is 0.0830. The second-order valence-electron chi connectivity index (χ2n) is 4.30. The molecule has 0 aliphatic heterocycles. The fourth-order valence-electron chi connectivity index (χ4n) is 1.77. The smallest absolute Gasteiger partial charge is 0.166 e. The zero-order chi connectivity index (χ0) is 11.1. The van der Waals surface area contributed by atoms with Crippen LogP contribution in [0.1, 0.15) is 39.5 Å². The molecular formula is C11H22N2OS. The summed E-state index contributed by atoms with van der Waals surface area (Å²) in [6.07, 6.45) is 5.46. The maximum absolute atomic E-state index is 5.41. The average Bonchev–Trinajstić information content (AvgIpc) is 2.64. The molecular weight excluding hydrogens is 208 g/mol. The number of hydrogen-bond acceptors (Lipinski definition) is 2. The van der Waals surface area contributed by atoms with Crippen molar-refractivity contribution in [3.8, 4) is 0 Å². The van der Waals surface area contributed by atoms with Gasteiger partial charge in [0.05, 0.1) is 12.7 Å². The van der Waals surface area contributed by atoms with E-state index in [0.29, 0.717) is 18.8 Å². The molecule has 0 amide bonds. The molecule has 0 bridgehead atoms. The maximum atomic E-state index is 5.41. The van der Waals surface area contributed by atoms with Crippen LogP contribution in [-0.4, -0.2) is 30.4 Å². The number of ether oxygens (including phenoxy) is 1. The predicted molar refractivity (Wildman–Crippen MR) is 67.1 cm³/mol. The highest BCUT2D eigenvalue weighted by atomic mass is 32.1. The molecule has 3 nitrogen and oxygen atoms in total. The molecule has 0 heterocycles. The lowest BCUT2D eigenvalue weighted by atomic mass is 10.3. The van der Waals surface area contributed by atoms with E-state index in [9.17, 15) is 0 Å². The van der Waals surface area contributed by atoms with Crippen LogP contribution in [0.4, 0.5) is 0 Å². The van der Waals surface area contributed by atoms with Gasteiger partial charge >= 0.3 is 0 Å².